The molecule has 4 aromatic heterocycles. The Morgan fingerprint density at radius 2 is 0.889 bits per heavy atom. The Morgan fingerprint density at radius 3 is 1.27 bits per heavy atom. The van der Waals surface area contributed by atoms with E-state index < -0.39 is 0 Å². The van der Waals surface area contributed by atoms with Crippen molar-refractivity contribution < 1.29 is 18.9 Å². The molecule has 0 aliphatic carbocycles. The molecule has 0 amide bonds. The van der Waals surface area contributed by atoms with Gasteiger partial charge in [0.25, 0.3) is 0 Å². The Bertz CT molecular complexity index is 2030. The van der Waals surface area contributed by atoms with Gasteiger partial charge >= 0.3 is 0 Å². The van der Waals surface area contributed by atoms with Gasteiger partial charge in [0.15, 0.2) is 23.0 Å². The van der Waals surface area contributed by atoms with Crippen LogP contribution >= 0.6 is 46.1 Å². The first-order valence-corrected chi connectivity index (χ1v) is 17.6. The minimum absolute atomic E-state index is 0.0746. The molecule has 0 aliphatic heterocycles. The van der Waals surface area contributed by atoms with E-state index in [1.54, 1.807) is 51.1 Å². The van der Waals surface area contributed by atoms with Crippen molar-refractivity contribution in [3.05, 3.63) is 34.0 Å². The standard InChI is InChI=1S/C33H36N4O4S4/c1-11-33(5,6)31-27(41-10)25(39-8)29(43-31)19-15-13-17(21-23(19)37-45-35-21)16-12-14-18(22-20(16)34-44-36-22)28-24(38-7)26(40-9)30(42-28)32(2,3)4/h12-15H,11H2,1-10H3. The highest BCUT2D eigenvalue weighted by atomic mass is 32.1. The molecule has 0 fully saturated rings. The topological polar surface area (TPSA) is 88.5 Å². The van der Waals surface area contributed by atoms with Crippen LogP contribution in [0, 0.1) is 0 Å². The van der Waals surface area contributed by atoms with Crippen molar-refractivity contribution in [1.29, 1.82) is 0 Å². The maximum absolute atomic E-state index is 5.95. The van der Waals surface area contributed by atoms with Gasteiger partial charge < -0.3 is 18.9 Å². The van der Waals surface area contributed by atoms with Crippen LogP contribution in [0.25, 0.3) is 54.1 Å². The molecule has 45 heavy (non-hydrogen) atoms. The van der Waals surface area contributed by atoms with Crippen molar-refractivity contribution in [2.75, 3.05) is 28.4 Å². The number of hydrogen-bond donors (Lipinski definition) is 0. The van der Waals surface area contributed by atoms with Crippen molar-refractivity contribution in [3.63, 3.8) is 0 Å². The van der Waals surface area contributed by atoms with E-state index in [4.69, 9.17) is 36.4 Å². The molecule has 0 bridgehead atoms. The van der Waals surface area contributed by atoms with Gasteiger partial charge in [0.05, 0.1) is 71.4 Å². The summed E-state index contributed by atoms with van der Waals surface area (Å²) in [7, 11) is 6.77. The number of thiophene rings is 2. The van der Waals surface area contributed by atoms with Gasteiger partial charge in [0, 0.05) is 33.1 Å². The Balaban J connectivity index is 1.53. The summed E-state index contributed by atoms with van der Waals surface area (Å²) in [6.45, 7) is 13.2. The maximum atomic E-state index is 5.95. The van der Waals surface area contributed by atoms with Crippen molar-refractivity contribution in [1.82, 2.24) is 17.5 Å². The van der Waals surface area contributed by atoms with Crippen LogP contribution in [0.4, 0.5) is 0 Å². The molecular formula is C33H36N4O4S4. The molecule has 4 heterocycles. The van der Waals surface area contributed by atoms with Gasteiger partial charge in [-0.3, -0.25) is 0 Å². The molecule has 8 nitrogen and oxygen atoms in total. The molecule has 0 aliphatic rings. The van der Waals surface area contributed by atoms with Crippen LogP contribution in [0.3, 0.4) is 0 Å². The highest BCUT2D eigenvalue weighted by Crippen LogP contribution is 2.55. The second-order valence-corrected chi connectivity index (χ2v) is 15.5. The molecule has 6 aromatic rings. The summed E-state index contributed by atoms with van der Waals surface area (Å²) >= 11 is 5.78. The van der Waals surface area contributed by atoms with E-state index in [1.807, 2.05) is 0 Å². The van der Waals surface area contributed by atoms with Crippen LogP contribution in [0.5, 0.6) is 23.0 Å². The van der Waals surface area contributed by atoms with Crippen molar-refractivity contribution >= 4 is 68.2 Å². The normalized spacial score (nSPS) is 12.3. The zero-order valence-electron chi connectivity index (χ0n) is 27.1. The van der Waals surface area contributed by atoms with E-state index >= 15 is 0 Å². The van der Waals surface area contributed by atoms with Crippen LogP contribution < -0.4 is 18.9 Å². The second-order valence-electron chi connectivity index (χ2n) is 12.4. The quantitative estimate of drug-likeness (QED) is 0.149. The summed E-state index contributed by atoms with van der Waals surface area (Å²) in [5.74, 6) is 3.00. The molecule has 0 spiro atoms. The fourth-order valence-corrected chi connectivity index (χ4v) is 9.44. The number of benzene rings is 2. The van der Waals surface area contributed by atoms with Crippen LogP contribution in [0.15, 0.2) is 24.3 Å². The summed E-state index contributed by atoms with van der Waals surface area (Å²) in [6, 6.07) is 8.42. The Hall–Kier alpha value is -3.32. The third-order valence-electron chi connectivity index (χ3n) is 8.25. The highest BCUT2D eigenvalue weighted by molar-refractivity contribution is 7.17. The lowest BCUT2D eigenvalue weighted by molar-refractivity contribution is 0.348. The van der Waals surface area contributed by atoms with E-state index in [9.17, 15) is 0 Å². The van der Waals surface area contributed by atoms with Crippen LogP contribution in [0.2, 0.25) is 0 Å². The van der Waals surface area contributed by atoms with E-state index in [0.29, 0.717) is 0 Å². The fraction of sp³-hybridized carbons (Fsp3) is 0.394. The highest BCUT2D eigenvalue weighted by Gasteiger charge is 2.33. The number of fused-ring (bicyclic) bond motifs is 2. The van der Waals surface area contributed by atoms with E-state index in [-0.39, 0.29) is 10.8 Å². The SMILES string of the molecule is CCC(C)(C)c1sc(-c2ccc(-c3ccc(-c4sc(C(C)(C)C)c(OC)c4OC)c4nsnc34)c3nsnc23)c(OC)c1OC. The van der Waals surface area contributed by atoms with Crippen molar-refractivity contribution in [2.24, 2.45) is 0 Å². The lowest BCUT2D eigenvalue weighted by Crippen LogP contribution is -2.14. The number of nitrogens with zero attached hydrogens (tertiary/aromatic N) is 4. The van der Waals surface area contributed by atoms with Gasteiger partial charge in [-0.25, -0.2) is 0 Å². The Kier molecular flexibility index (Phi) is 8.30. The number of aromatic nitrogens is 4. The van der Waals surface area contributed by atoms with Gasteiger partial charge in [-0.2, -0.15) is 17.5 Å². The maximum Gasteiger partial charge on any atom is 0.179 e. The lowest BCUT2D eigenvalue weighted by Gasteiger charge is -2.22. The minimum Gasteiger partial charge on any atom is -0.492 e. The van der Waals surface area contributed by atoms with Crippen molar-refractivity contribution in [3.8, 4) is 55.0 Å². The molecule has 0 unspecified atom stereocenters. The fourth-order valence-electron chi connectivity index (χ4n) is 5.53. The van der Waals surface area contributed by atoms with E-state index in [0.717, 1.165) is 93.2 Å². The van der Waals surface area contributed by atoms with Gasteiger partial charge in [-0.15, -0.1) is 22.7 Å². The predicted molar refractivity (Wildman–Crippen MR) is 189 cm³/mol. The molecule has 0 saturated heterocycles. The minimum atomic E-state index is -0.117. The molecule has 6 rings (SSSR count). The first kappa shape index (κ1) is 31.7. The number of rotatable bonds is 9. The smallest absolute Gasteiger partial charge is 0.179 e. The van der Waals surface area contributed by atoms with Gasteiger partial charge in [0.1, 0.15) is 22.1 Å². The first-order valence-electron chi connectivity index (χ1n) is 14.5. The molecule has 0 saturated carbocycles. The number of ether oxygens (including phenoxy) is 4. The molecule has 236 valence electrons. The zero-order chi connectivity index (χ0) is 32.3. The lowest BCUT2D eigenvalue weighted by atomic mass is 9.88. The van der Waals surface area contributed by atoms with Gasteiger partial charge in [-0.05, 0) is 6.42 Å². The zero-order valence-corrected chi connectivity index (χ0v) is 30.3. The Labute approximate surface area is 279 Å². The van der Waals surface area contributed by atoms with Gasteiger partial charge in [-0.1, -0.05) is 65.8 Å². The number of hydrogen-bond acceptors (Lipinski definition) is 12. The molecular weight excluding hydrogens is 645 g/mol. The second kappa shape index (κ2) is 11.8. The van der Waals surface area contributed by atoms with E-state index in [2.05, 4.69) is 65.8 Å². The molecule has 0 N–H and O–H groups in total. The third-order valence-corrected chi connectivity index (χ3v) is 12.5. The summed E-state index contributed by atoms with van der Waals surface area (Å²) < 4.78 is 42.7. The molecule has 0 atom stereocenters. The molecule has 12 heteroatoms. The van der Waals surface area contributed by atoms with Crippen molar-refractivity contribution in [2.45, 2.75) is 58.8 Å². The molecule has 2 aromatic carbocycles. The summed E-state index contributed by atoms with van der Waals surface area (Å²) in [6.07, 6.45) is 0.967. The van der Waals surface area contributed by atoms with Gasteiger partial charge in [0.2, 0.25) is 0 Å². The first-order chi connectivity index (χ1) is 21.5. The number of methoxy groups -OCH3 is 4. The average Bonchev–Trinajstić information content (AvgIpc) is 3.83. The van der Waals surface area contributed by atoms with E-state index in [1.165, 1.54) is 23.5 Å². The summed E-state index contributed by atoms with van der Waals surface area (Å²) in [5.41, 5.74) is 6.91. The largest absolute Gasteiger partial charge is 0.492 e. The van der Waals surface area contributed by atoms with Crippen LogP contribution in [0.1, 0.15) is 57.7 Å². The third kappa shape index (κ3) is 5.06. The monoisotopic (exact) mass is 680 g/mol. The average molecular weight is 681 g/mol. The Morgan fingerprint density at radius 1 is 0.533 bits per heavy atom. The summed E-state index contributed by atoms with van der Waals surface area (Å²) in [4.78, 5) is 4.23. The molecule has 0 radical (unpaired) electrons. The van der Waals surface area contributed by atoms with Crippen LogP contribution in [-0.4, -0.2) is 45.9 Å². The van der Waals surface area contributed by atoms with Crippen LogP contribution in [-0.2, 0) is 10.8 Å². The summed E-state index contributed by atoms with van der Waals surface area (Å²) in [5, 5.41) is 0. The predicted octanol–water partition coefficient (Wildman–Crippen LogP) is 9.84.